The highest BCUT2D eigenvalue weighted by molar-refractivity contribution is 7.89. The number of sulfonamides is 1. The zero-order valence-electron chi connectivity index (χ0n) is 14.6. The van der Waals surface area contributed by atoms with Crippen molar-refractivity contribution >= 4 is 21.6 Å². The lowest BCUT2D eigenvalue weighted by Crippen LogP contribution is -2.49. The summed E-state index contributed by atoms with van der Waals surface area (Å²) >= 11 is 0. The summed E-state index contributed by atoms with van der Waals surface area (Å²) in [6.07, 6.45) is 1.63. The zero-order valence-corrected chi connectivity index (χ0v) is 15.4. The monoisotopic (exact) mass is 393 g/mol. The largest absolute Gasteiger partial charge is 0.438 e. The molecule has 9 heteroatoms. The van der Waals surface area contributed by atoms with Gasteiger partial charge in [-0.25, -0.2) is 17.5 Å². The number of furan rings is 1. The van der Waals surface area contributed by atoms with Crippen LogP contribution in [-0.4, -0.2) is 51.4 Å². The molecular formula is C18H20FN3O4S. The second-order valence-corrected chi connectivity index (χ2v) is 8.39. The van der Waals surface area contributed by atoms with Crippen LogP contribution >= 0.6 is 0 Å². The van der Waals surface area contributed by atoms with Gasteiger partial charge in [-0.3, -0.25) is 4.79 Å². The zero-order chi connectivity index (χ0) is 19.0. The van der Waals surface area contributed by atoms with Gasteiger partial charge < -0.3 is 14.2 Å². The highest BCUT2D eigenvalue weighted by Gasteiger charge is 2.31. The highest BCUT2D eigenvalue weighted by Crippen LogP contribution is 2.24. The van der Waals surface area contributed by atoms with Gasteiger partial charge in [0.1, 0.15) is 5.82 Å². The van der Waals surface area contributed by atoms with E-state index in [9.17, 15) is 17.6 Å². The maximum absolute atomic E-state index is 13.9. The minimum Gasteiger partial charge on any atom is -0.438 e. The van der Waals surface area contributed by atoms with Gasteiger partial charge in [-0.1, -0.05) is 12.1 Å². The van der Waals surface area contributed by atoms with E-state index in [1.165, 1.54) is 18.2 Å². The molecule has 0 unspecified atom stereocenters. The van der Waals surface area contributed by atoms with Crippen molar-refractivity contribution in [2.75, 3.05) is 31.1 Å². The number of nitrogens with one attached hydrogen (secondary N) is 1. The van der Waals surface area contributed by atoms with Crippen molar-refractivity contribution < 1.29 is 22.0 Å². The number of anilines is 1. The summed E-state index contributed by atoms with van der Waals surface area (Å²) in [6.45, 7) is 1.77. The highest BCUT2D eigenvalue weighted by atomic mass is 32.2. The second kappa shape index (κ2) is 6.97. The smallest absolute Gasteiger partial charge is 0.289 e. The van der Waals surface area contributed by atoms with Crippen LogP contribution in [0.1, 0.15) is 23.4 Å². The first-order chi connectivity index (χ1) is 12.9. The summed E-state index contributed by atoms with van der Waals surface area (Å²) in [5, 5.41) is -0.247. The molecule has 0 radical (unpaired) electrons. The summed E-state index contributed by atoms with van der Waals surface area (Å²) < 4.78 is 46.0. The molecule has 0 spiro atoms. The number of rotatable bonds is 5. The summed E-state index contributed by atoms with van der Waals surface area (Å²) in [7, 11) is -3.73. The molecule has 1 amide bonds. The fourth-order valence-corrected chi connectivity index (χ4v) is 4.31. The minimum atomic E-state index is -3.73. The topological polar surface area (TPSA) is 82.9 Å². The molecule has 2 heterocycles. The second-order valence-electron chi connectivity index (χ2n) is 6.74. The van der Waals surface area contributed by atoms with E-state index in [1.54, 1.807) is 23.1 Å². The third kappa shape index (κ3) is 3.84. The van der Waals surface area contributed by atoms with Gasteiger partial charge in [-0.2, -0.15) is 0 Å². The van der Waals surface area contributed by atoms with E-state index in [0.717, 1.165) is 12.8 Å². The van der Waals surface area contributed by atoms with Crippen LogP contribution in [0.2, 0.25) is 0 Å². The Morgan fingerprint density at radius 3 is 2.44 bits per heavy atom. The van der Waals surface area contributed by atoms with Gasteiger partial charge in [0.05, 0.1) is 5.69 Å². The molecule has 2 aliphatic rings. The van der Waals surface area contributed by atoms with Crippen LogP contribution in [0.5, 0.6) is 0 Å². The first-order valence-corrected chi connectivity index (χ1v) is 10.3. The van der Waals surface area contributed by atoms with Gasteiger partial charge in [0.25, 0.3) is 15.9 Å². The number of halogens is 1. The van der Waals surface area contributed by atoms with Gasteiger partial charge >= 0.3 is 0 Å². The molecule has 1 saturated heterocycles. The SMILES string of the molecule is O=C(c1ccc(S(=O)(=O)NC2CC2)o1)N1CCN(c2ccccc2F)CC1. The summed E-state index contributed by atoms with van der Waals surface area (Å²) in [6, 6.07) is 9.18. The fraction of sp³-hybridized carbons (Fsp3) is 0.389. The van der Waals surface area contributed by atoms with Crippen molar-refractivity contribution in [3.8, 4) is 0 Å². The quantitative estimate of drug-likeness (QED) is 0.838. The van der Waals surface area contributed by atoms with Crippen LogP contribution in [-0.2, 0) is 10.0 Å². The Bertz CT molecular complexity index is 947. The predicted molar refractivity (Wildman–Crippen MR) is 96.6 cm³/mol. The number of carbonyl (C=O) groups excluding carboxylic acids is 1. The van der Waals surface area contributed by atoms with Crippen molar-refractivity contribution in [1.82, 2.24) is 9.62 Å². The molecule has 2 fully saturated rings. The van der Waals surface area contributed by atoms with Crippen molar-refractivity contribution in [2.45, 2.75) is 24.0 Å². The molecule has 1 aromatic carbocycles. The molecule has 1 aliphatic carbocycles. The molecular weight excluding hydrogens is 373 g/mol. The molecule has 1 aromatic heterocycles. The lowest BCUT2D eigenvalue weighted by atomic mass is 10.2. The third-order valence-corrected chi connectivity index (χ3v) is 6.11. The molecule has 4 rings (SSSR count). The van der Waals surface area contributed by atoms with E-state index in [4.69, 9.17) is 4.42 Å². The molecule has 2 aromatic rings. The minimum absolute atomic E-state index is 0.00878. The number of hydrogen-bond donors (Lipinski definition) is 1. The van der Waals surface area contributed by atoms with Crippen LogP contribution in [0.4, 0.5) is 10.1 Å². The standard InChI is InChI=1S/C18H20FN3O4S/c19-14-3-1-2-4-15(14)21-9-11-22(12-10-21)18(23)16-7-8-17(26-16)27(24,25)20-13-5-6-13/h1-4,7-8,13,20H,5-6,9-12H2. The Morgan fingerprint density at radius 1 is 1.07 bits per heavy atom. The van der Waals surface area contributed by atoms with Gasteiger partial charge in [0.15, 0.2) is 5.76 Å². The normalized spacial score (nSPS) is 18.0. The maximum atomic E-state index is 13.9. The van der Waals surface area contributed by atoms with Crippen LogP contribution in [0.15, 0.2) is 45.9 Å². The Morgan fingerprint density at radius 2 is 1.78 bits per heavy atom. The molecule has 144 valence electrons. The van der Waals surface area contributed by atoms with Gasteiger partial charge in [0, 0.05) is 32.2 Å². The molecule has 1 saturated carbocycles. The Balaban J connectivity index is 1.40. The van der Waals surface area contributed by atoms with Crippen molar-refractivity contribution in [3.05, 3.63) is 48.0 Å². The first-order valence-electron chi connectivity index (χ1n) is 8.85. The Labute approximate surface area is 156 Å². The maximum Gasteiger partial charge on any atom is 0.289 e. The number of hydrogen-bond acceptors (Lipinski definition) is 5. The molecule has 0 bridgehead atoms. The summed E-state index contributed by atoms with van der Waals surface area (Å²) in [4.78, 5) is 16.1. The van der Waals surface area contributed by atoms with Crippen LogP contribution in [0.25, 0.3) is 0 Å². The average molecular weight is 393 g/mol. The van der Waals surface area contributed by atoms with E-state index in [0.29, 0.717) is 31.9 Å². The lowest BCUT2D eigenvalue weighted by molar-refractivity contribution is 0.0708. The van der Waals surface area contributed by atoms with Gasteiger partial charge in [0.2, 0.25) is 5.09 Å². The number of carbonyl (C=O) groups is 1. The van der Waals surface area contributed by atoms with E-state index >= 15 is 0 Å². The van der Waals surface area contributed by atoms with E-state index < -0.39 is 10.0 Å². The van der Waals surface area contributed by atoms with E-state index in [-0.39, 0.29) is 28.6 Å². The summed E-state index contributed by atoms with van der Waals surface area (Å²) in [5.41, 5.74) is 0.516. The van der Waals surface area contributed by atoms with Gasteiger partial charge in [-0.05, 0) is 37.1 Å². The van der Waals surface area contributed by atoms with Crippen molar-refractivity contribution in [2.24, 2.45) is 0 Å². The molecule has 1 aliphatic heterocycles. The van der Waals surface area contributed by atoms with E-state index in [1.807, 2.05) is 4.90 Å². The Hall–Kier alpha value is -2.39. The number of para-hydroxylation sites is 1. The summed E-state index contributed by atoms with van der Waals surface area (Å²) in [5.74, 6) is -0.664. The average Bonchev–Trinajstić information content (AvgIpc) is 3.31. The van der Waals surface area contributed by atoms with Crippen molar-refractivity contribution in [1.29, 1.82) is 0 Å². The number of amides is 1. The molecule has 7 nitrogen and oxygen atoms in total. The van der Waals surface area contributed by atoms with Crippen LogP contribution < -0.4 is 9.62 Å². The van der Waals surface area contributed by atoms with Crippen molar-refractivity contribution in [3.63, 3.8) is 0 Å². The van der Waals surface area contributed by atoms with E-state index in [2.05, 4.69) is 4.72 Å². The van der Waals surface area contributed by atoms with Crippen LogP contribution in [0.3, 0.4) is 0 Å². The number of nitrogens with zero attached hydrogens (tertiary/aromatic N) is 2. The lowest BCUT2D eigenvalue weighted by Gasteiger charge is -2.35. The predicted octanol–water partition coefficient (Wildman–Crippen LogP) is 1.82. The number of benzene rings is 1. The van der Waals surface area contributed by atoms with Gasteiger partial charge in [-0.15, -0.1) is 0 Å². The third-order valence-electron chi connectivity index (χ3n) is 4.72. The fourth-order valence-electron chi connectivity index (χ4n) is 3.07. The molecule has 27 heavy (non-hydrogen) atoms. The first kappa shape index (κ1) is 18.0. The molecule has 1 N–H and O–H groups in total. The Kier molecular flexibility index (Phi) is 4.65. The van der Waals surface area contributed by atoms with Crippen LogP contribution in [0, 0.1) is 5.82 Å². The number of piperazine rings is 1. The molecule has 0 atom stereocenters.